The van der Waals surface area contributed by atoms with Gasteiger partial charge in [-0.1, -0.05) is 5.16 Å². The van der Waals surface area contributed by atoms with Gasteiger partial charge in [0.2, 0.25) is 0 Å². The van der Waals surface area contributed by atoms with Crippen LogP contribution < -0.4 is 4.90 Å². The summed E-state index contributed by atoms with van der Waals surface area (Å²) >= 11 is 0. The predicted octanol–water partition coefficient (Wildman–Crippen LogP) is 2.25. The van der Waals surface area contributed by atoms with E-state index < -0.39 is 0 Å². The molecule has 0 unspecified atom stereocenters. The van der Waals surface area contributed by atoms with E-state index in [2.05, 4.69) is 35.2 Å². The van der Waals surface area contributed by atoms with E-state index in [1.165, 1.54) is 0 Å². The normalized spacial score (nSPS) is 15.8. The largest absolute Gasteiger partial charge is 0.357 e. The first-order chi connectivity index (χ1) is 11.7. The van der Waals surface area contributed by atoms with Crippen LogP contribution in [0.1, 0.15) is 36.2 Å². The van der Waals surface area contributed by atoms with Crippen molar-refractivity contribution in [1.82, 2.24) is 30.3 Å². The molecule has 1 N–H and O–H groups in total. The molecule has 1 aliphatic rings. The lowest BCUT2D eigenvalue weighted by molar-refractivity contribution is 0.425. The third-order valence-electron chi connectivity index (χ3n) is 4.32. The molecular weight excluding hydrogens is 306 g/mol. The standard InChI is InChI=1S/C16H19N7O/c1-10-18-15(21-20-10)12-4-7-23(8-5-12)14-9-13(3-6-17-14)16-19-11(2)22-24-16/h3,6,9,12H,4-5,7-8H2,1-2H3,(H,18,20,21). The maximum atomic E-state index is 5.24. The molecule has 124 valence electrons. The number of aryl methyl sites for hydroxylation is 2. The average Bonchev–Trinajstić information content (AvgIpc) is 3.24. The number of piperidine rings is 1. The number of H-pyrrole nitrogens is 1. The van der Waals surface area contributed by atoms with Crippen molar-refractivity contribution in [3.63, 3.8) is 0 Å². The topological polar surface area (TPSA) is 96.6 Å². The quantitative estimate of drug-likeness (QED) is 0.788. The van der Waals surface area contributed by atoms with Gasteiger partial charge in [-0.2, -0.15) is 10.1 Å². The van der Waals surface area contributed by atoms with Gasteiger partial charge < -0.3 is 9.42 Å². The highest BCUT2D eigenvalue weighted by molar-refractivity contribution is 5.58. The summed E-state index contributed by atoms with van der Waals surface area (Å²) in [6, 6.07) is 3.89. The molecule has 0 atom stereocenters. The van der Waals surface area contributed by atoms with Gasteiger partial charge in [0, 0.05) is 30.8 Å². The molecule has 0 spiro atoms. The molecule has 0 aliphatic carbocycles. The highest BCUT2D eigenvalue weighted by Crippen LogP contribution is 2.29. The van der Waals surface area contributed by atoms with Crippen LogP contribution >= 0.6 is 0 Å². The second-order valence-electron chi connectivity index (χ2n) is 6.09. The molecule has 3 aromatic rings. The molecule has 4 heterocycles. The Morgan fingerprint density at radius 2 is 2.04 bits per heavy atom. The van der Waals surface area contributed by atoms with Gasteiger partial charge in [0.25, 0.3) is 5.89 Å². The highest BCUT2D eigenvalue weighted by Gasteiger charge is 2.24. The first kappa shape index (κ1) is 14.8. The molecule has 0 amide bonds. The Morgan fingerprint density at radius 1 is 1.21 bits per heavy atom. The summed E-state index contributed by atoms with van der Waals surface area (Å²) in [5, 5.41) is 11.1. The van der Waals surface area contributed by atoms with Gasteiger partial charge in [-0.25, -0.2) is 9.97 Å². The Morgan fingerprint density at radius 3 is 2.71 bits per heavy atom. The van der Waals surface area contributed by atoms with Crippen LogP contribution in [0, 0.1) is 13.8 Å². The third kappa shape index (κ3) is 2.86. The molecular formula is C16H19N7O. The SMILES string of the molecule is Cc1noc(-c2ccnc(N3CCC(c4n[nH]c(C)n4)CC3)c2)n1. The van der Waals surface area contributed by atoms with E-state index in [1.807, 2.05) is 26.0 Å². The van der Waals surface area contributed by atoms with E-state index in [9.17, 15) is 0 Å². The minimum atomic E-state index is 0.410. The number of hydrogen-bond acceptors (Lipinski definition) is 7. The number of rotatable bonds is 3. The summed E-state index contributed by atoms with van der Waals surface area (Å²) in [6.07, 6.45) is 3.82. The van der Waals surface area contributed by atoms with Gasteiger partial charge in [0.15, 0.2) is 11.6 Å². The minimum absolute atomic E-state index is 0.410. The lowest BCUT2D eigenvalue weighted by Gasteiger charge is -2.31. The number of aromatic nitrogens is 6. The van der Waals surface area contributed by atoms with Crippen LogP contribution in [0.3, 0.4) is 0 Å². The zero-order chi connectivity index (χ0) is 16.5. The highest BCUT2D eigenvalue weighted by atomic mass is 16.5. The predicted molar refractivity (Wildman–Crippen MR) is 87.6 cm³/mol. The molecule has 0 saturated carbocycles. The lowest BCUT2D eigenvalue weighted by atomic mass is 9.96. The molecule has 4 rings (SSSR count). The maximum Gasteiger partial charge on any atom is 0.258 e. The molecule has 3 aromatic heterocycles. The molecule has 1 aliphatic heterocycles. The number of aromatic amines is 1. The fraction of sp³-hybridized carbons (Fsp3) is 0.438. The third-order valence-corrected chi connectivity index (χ3v) is 4.32. The summed E-state index contributed by atoms with van der Waals surface area (Å²) in [7, 11) is 0. The van der Waals surface area contributed by atoms with Gasteiger partial charge in [-0.05, 0) is 38.8 Å². The van der Waals surface area contributed by atoms with Crippen LogP contribution in [0.5, 0.6) is 0 Å². The van der Waals surface area contributed by atoms with E-state index in [1.54, 1.807) is 6.20 Å². The molecule has 0 radical (unpaired) electrons. The first-order valence-electron chi connectivity index (χ1n) is 8.09. The Kier molecular flexibility index (Phi) is 3.72. The van der Waals surface area contributed by atoms with Crippen LogP contribution in [0.4, 0.5) is 5.82 Å². The molecule has 1 fully saturated rings. The first-order valence-corrected chi connectivity index (χ1v) is 8.09. The summed E-state index contributed by atoms with van der Waals surface area (Å²) in [4.78, 5) is 15.5. The minimum Gasteiger partial charge on any atom is -0.357 e. The average molecular weight is 325 g/mol. The van der Waals surface area contributed by atoms with Gasteiger partial charge >= 0.3 is 0 Å². The van der Waals surface area contributed by atoms with Crippen molar-refractivity contribution < 1.29 is 4.52 Å². The Balaban J connectivity index is 1.47. The lowest BCUT2D eigenvalue weighted by Crippen LogP contribution is -2.33. The molecule has 0 aromatic carbocycles. The van der Waals surface area contributed by atoms with Crippen molar-refractivity contribution in [2.45, 2.75) is 32.6 Å². The van der Waals surface area contributed by atoms with Crippen molar-refractivity contribution >= 4 is 5.82 Å². The summed E-state index contributed by atoms with van der Waals surface area (Å²) in [6.45, 7) is 5.60. The zero-order valence-corrected chi connectivity index (χ0v) is 13.7. The van der Waals surface area contributed by atoms with Crippen molar-refractivity contribution in [3.8, 4) is 11.5 Å². The molecule has 0 bridgehead atoms. The van der Waals surface area contributed by atoms with Crippen LogP contribution in [0.15, 0.2) is 22.9 Å². The fourth-order valence-electron chi connectivity index (χ4n) is 3.05. The second kappa shape index (κ2) is 6.03. The molecule has 1 saturated heterocycles. The van der Waals surface area contributed by atoms with Gasteiger partial charge in [0.1, 0.15) is 11.6 Å². The number of nitrogens with one attached hydrogen (secondary N) is 1. The Labute approximate surface area is 139 Å². The summed E-state index contributed by atoms with van der Waals surface area (Å²) in [5.41, 5.74) is 0.896. The van der Waals surface area contributed by atoms with Crippen LogP contribution in [-0.2, 0) is 0 Å². The molecule has 24 heavy (non-hydrogen) atoms. The van der Waals surface area contributed by atoms with Crippen LogP contribution in [0.2, 0.25) is 0 Å². The van der Waals surface area contributed by atoms with Crippen molar-refractivity contribution in [1.29, 1.82) is 0 Å². The monoisotopic (exact) mass is 325 g/mol. The van der Waals surface area contributed by atoms with Crippen LogP contribution in [-0.4, -0.2) is 43.4 Å². The van der Waals surface area contributed by atoms with E-state index in [-0.39, 0.29) is 0 Å². The van der Waals surface area contributed by atoms with Crippen molar-refractivity contribution in [3.05, 3.63) is 35.8 Å². The number of anilines is 1. The smallest absolute Gasteiger partial charge is 0.258 e. The van der Waals surface area contributed by atoms with Gasteiger partial charge in [0.05, 0.1) is 0 Å². The van der Waals surface area contributed by atoms with Crippen molar-refractivity contribution in [2.75, 3.05) is 18.0 Å². The van der Waals surface area contributed by atoms with E-state index >= 15 is 0 Å². The zero-order valence-electron chi connectivity index (χ0n) is 13.7. The van der Waals surface area contributed by atoms with Gasteiger partial charge in [-0.15, -0.1) is 0 Å². The van der Waals surface area contributed by atoms with E-state index in [4.69, 9.17) is 4.52 Å². The Bertz CT molecular complexity index is 832. The summed E-state index contributed by atoms with van der Waals surface area (Å²) < 4.78 is 5.24. The fourth-order valence-corrected chi connectivity index (χ4v) is 3.05. The number of nitrogens with zero attached hydrogens (tertiary/aromatic N) is 6. The van der Waals surface area contributed by atoms with Gasteiger partial charge in [-0.3, -0.25) is 5.10 Å². The van der Waals surface area contributed by atoms with Crippen LogP contribution in [0.25, 0.3) is 11.5 Å². The second-order valence-corrected chi connectivity index (χ2v) is 6.09. The van der Waals surface area contributed by atoms with E-state index in [0.29, 0.717) is 17.6 Å². The number of hydrogen-bond donors (Lipinski definition) is 1. The van der Waals surface area contributed by atoms with E-state index in [0.717, 1.165) is 49.0 Å². The Hall–Kier alpha value is -2.77. The summed E-state index contributed by atoms with van der Waals surface area (Å²) in [5.74, 6) is 4.31. The number of pyridine rings is 1. The van der Waals surface area contributed by atoms with Crippen molar-refractivity contribution in [2.24, 2.45) is 0 Å². The maximum absolute atomic E-state index is 5.24. The molecule has 8 nitrogen and oxygen atoms in total. The molecule has 8 heteroatoms.